The van der Waals surface area contributed by atoms with Crippen molar-refractivity contribution in [2.75, 3.05) is 12.4 Å². The van der Waals surface area contributed by atoms with Crippen molar-refractivity contribution < 1.29 is 23.1 Å². The van der Waals surface area contributed by atoms with Gasteiger partial charge in [0.15, 0.2) is 0 Å². The first kappa shape index (κ1) is 17.6. The van der Waals surface area contributed by atoms with Gasteiger partial charge in [0.25, 0.3) is 0 Å². The summed E-state index contributed by atoms with van der Waals surface area (Å²) in [6.45, 7) is 3.63. The number of hydrogen-bond acceptors (Lipinski definition) is 4. The van der Waals surface area contributed by atoms with Gasteiger partial charge >= 0.3 is 5.97 Å². The first-order chi connectivity index (χ1) is 9.80. The van der Waals surface area contributed by atoms with E-state index in [0.717, 1.165) is 5.56 Å². The minimum Gasteiger partial charge on any atom is -0.480 e. The first-order valence-corrected chi connectivity index (χ1v) is 8.34. The van der Waals surface area contributed by atoms with Gasteiger partial charge in [0, 0.05) is 0 Å². The Morgan fingerprint density at radius 2 is 1.90 bits per heavy atom. The molecule has 0 aromatic heterocycles. The van der Waals surface area contributed by atoms with Crippen LogP contribution in [0.3, 0.4) is 0 Å². The summed E-state index contributed by atoms with van der Waals surface area (Å²) in [5.74, 6) is -1.46. The summed E-state index contributed by atoms with van der Waals surface area (Å²) in [5, 5.41) is 9.15. The fraction of sp³-hybridized carbons (Fsp3) is 0.500. The van der Waals surface area contributed by atoms with Crippen molar-refractivity contribution >= 4 is 16.0 Å². The monoisotopic (exact) mass is 315 g/mol. The molecule has 0 fully saturated rings. The van der Waals surface area contributed by atoms with Gasteiger partial charge in [-0.15, -0.1) is 0 Å². The van der Waals surface area contributed by atoms with E-state index in [2.05, 4.69) is 4.72 Å². The molecule has 1 rings (SSSR count). The topological polar surface area (TPSA) is 92.7 Å². The molecular weight excluding hydrogens is 294 g/mol. The number of hydrogen-bond donors (Lipinski definition) is 2. The van der Waals surface area contributed by atoms with Gasteiger partial charge in [0.1, 0.15) is 6.04 Å². The predicted octanol–water partition coefficient (Wildman–Crippen LogP) is 1.03. The summed E-state index contributed by atoms with van der Waals surface area (Å²) >= 11 is 0. The highest BCUT2D eigenvalue weighted by Gasteiger charge is 2.24. The van der Waals surface area contributed by atoms with E-state index in [4.69, 9.17) is 9.84 Å². The van der Waals surface area contributed by atoms with Crippen LogP contribution in [0.1, 0.15) is 19.4 Å². The van der Waals surface area contributed by atoms with Gasteiger partial charge in [-0.05, 0) is 25.8 Å². The van der Waals surface area contributed by atoms with Crippen molar-refractivity contribution in [3.63, 3.8) is 0 Å². The Morgan fingerprint density at radius 3 is 2.43 bits per heavy atom. The zero-order chi connectivity index (χ0) is 15.9. The number of carboxylic acid groups (broad SMARTS) is 1. The average molecular weight is 315 g/mol. The molecular formula is C14H21NO5S. The summed E-state index contributed by atoms with van der Waals surface area (Å²) < 4.78 is 31.1. The first-order valence-electron chi connectivity index (χ1n) is 6.68. The van der Waals surface area contributed by atoms with Crippen LogP contribution in [0.4, 0.5) is 0 Å². The third kappa shape index (κ3) is 7.22. The van der Waals surface area contributed by atoms with Crippen molar-refractivity contribution in [2.45, 2.75) is 32.4 Å². The maximum Gasteiger partial charge on any atom is 0.322 e. The molecule has 118 valence electrons. The van der Waals surface area contributed by atoms with Gasteiger partial charge in [-0.3, -0.25) is 4.79 Å². The van der Waals surface area contributed by atoms with E-state index in [-0.39, 0.29) is 24.9 Å². The number of carbonyl (C=O) groups is 1. The van der Waals surface area contributed by atoms with Crippen LogP contribution in [0, 0.1) is 0 Å². The van der Waals surface area contributed by atoms with E-state index in [0.29, 0.717) is 0 Å². The Balaban J connectivity index is 2.63. The van der Waals surface area contributed by atoms with Crippen LogP contribution in [-0.4, -0.2) is 44.0 Å². The Morgan fingerprint density at radius 1 is 1.29 bits per heavy atom. The highest BCUT2D eigenvalue weighted by Crippen LogP contribution is 2.05. The van der Waals surface area contributed by atoms with Crippen LogP contribution >= 0.6 is 0 Å². The van der Waals surface area contributed by atoms with E-state index >= 15 is 0 Å². The molecule has 0 saturated heterocycles. The Bertz CT molecular complexity index is 542. The normalized spacial score (nSPS) is 13.3. The zero-order valence-corrected chi connectivity index (χ0v) is 13.0. The Hall–Kier alpha value is -1.44. The van der Waals surface area contributed by atoms with Crippen molar-refractivity contribution in [3.05, 3.63) is 35.9 Å². The van der Waals surface area contributed by atoms with E-state index in [1.165, 1.54) is 0 Å². The molecule has 0 amide bonds. The highest BCUT2D eigenvalue weighted by molar-refractivity contribution is 7.89. The van der Waals surface area contributed by atoms with Gasteiger partial charge in [-0.1, -0.05) is 30.3 Å². The van der Waals surface area contributed by atoms with E-state index in [1.807, 2.05) is 6.07 Å². The molecule has 1 aromatic rings. The third-order valence-electron chi connectivity index (χ3n) is 2.71. The lowest BCUT2D eigenvalue weighted by molar-refractivity contribution is -0.138. The van der Waals surface area contributed by atoms with E-state index in [9.17, 15) is 13.2 Å². The maximum atomic E-state index is 11.9. The number of aliphatic carboxylic acids is 1. The van der Waals surface area contributed by atoms with Gasteiger partial charge in [-0.25, -0.2) is 13.1 Å². The van der Waals surface area contributed by atoms with Gasteiger partial charge in [0.05, 0.1) is 18.5 Å². The molecule has 2 N–H and O–H groups in total. The lowest BCUT2D eigenvalue weighted by Crippen LogP contribution is -2.43. The fourth-order valence-electron chi connectivity index (χ4n) is 1.70. The van der Waals surface area contributed by atoms with Crippen molar-refractivity contribution in [1.82, 2.24) is 4.72 Å². The molecule has 0 aliphatic carbocycles. The van der Waals surface area contributed by atoms with Gasteiger partial charge in [0.2, 0.25) is 10.0 Å². The van der Waals surface area contributed by atoms with Crippen molar-refractivity contribution in [2.24, 2.45) is 0 Å². The maximum absolute atomic E-state index is 11.9. The molecule has 7 heteroatoms. The fourth-order valence-corrected chi connectivity index (χ4v) is 2.75. The zero-order valence-electron chi connectivity index (χ0n) is 12.2. The quantitative estimate of drug-likeness (QED) is 0.710. The molecule has 6 nitrogen and oxygen atoms in total. The van der Waals surface area contributed by atoms with Crippen LogP contribution < -0.4 is 4.72 Å². The summed E-state index contributed by atoms with van der Waals surface area (Å²) in [4.78, 5) is 11.2. The molecule has 0 radical (unpaired) electrons. The molecule has 0 spiro atoms. The van der Waals surface area contributed by atoms with Crippen LogP contribution in [0.5, 0.6) is 0 Å². The van der Waals surface area contributed by atoms with Crippen LogP contribution in [0.15, 0.2) is 30.3 Å². The highest BCUT2D eigenvalue weighted by atomic mass is 32.2. The minimum atomic E-state index is -3.70. The molecule has 1 aromatic carbocycles. The molecule has 0 aliphatic heterocycles. The van der Waals surface area contributed by atoms with Crippen molar-refractivity contribution in [1.29, 1.82) is 0 Å². The number of sulfonamides is 1. The molecule has 0 aliphatic rings. The number of nitrogens with one attached hydrogen (secondary N) is 1. The number of rotatable bonds is 9. The number of carboxylic acids is 1. The van der Waals surface area contributed by atoms with Gasteiger partial charge < -0.3 is 9.84 Å². The second-order valence-corrected chi connectivity index (χ2v) is 6.81. The summed E-state index contributed by atoms with van der Waals surface area (Å²) in [5.41, 5.74) is 0.756. The Kier molecular flexibility index (Phi) is 6.80. The lowest BCUT2D eigenvalue weighted by atomic mass is 10.1. The second kappa shape index (κ2) is 8.11. The van der Waals surface area contributed by atoms with E-state index in [1.54, 1.807) is 38.1 Å². The molecule has 0 saturated carbocycles. The molecule has 1 atom stereocenters. The SMILES string of the molecule is CC(C)OCCS(=O)(=O)NC(Cc1ccccc1)C(=O)O. The largest absolute Gasteiger partial charge is 0.480 e. The molecule has 1 unspecified atom stereocenters. The van der Waals surface area contributed by atoms with Crippen LogP contribution in [0.25, 0.3) is 0 Å². The van der Waals surface area contributed by atoms with Gasteiger partial charge in [-0.2, -0.15) is 0 Å². The standard InChI is InChI=1S/C14H21NO5S/c1-11(2)20-8-9-21(18,19)15-13(14(16)17)10-12-6-4-3-5-7-12/h3-7,11,13,15H,8-10H2,1-2H3,(H,16,17). The summed E-state index contributed by atoms with van der Waals surface area (Å²) in [6, 6.07) is 7.69. The molecule has 0 bridgehead atoms. The smallest absolute Gasteiger partial charge is 0.322 e. The molecule has 21 heavy (non-hydrogen) atoms. The summed E-state index contributed by atoms with van der Waals surface area (Å²) in [7, 11) is -3.70. The Labute approximate surface area is 125 Å². The van der Waals surface area contributed by atoms with Crippen LogP contribution in [-0.2, 0) is 26.0 Å². The summed E-state index contributed by atoms with van der Waals surface area (Å²) in [6.07, 6.45) is 0.0280. The lowest BCUT2D eigenvalue weighted by Gasteiger charge is -2.15. The minimum absolute atomic E-state index is 0.0324. The van der Waals surface area contributed by atoms with E-state index < -0.39 is 22.0 Å². The second-order valence-electron chi connectivity index (χ2n) is 4.94. The number of benzene rings is 1. The average Bonchev–Trinajstić information content (AvgIpc) is 2.38. The predicted molar refractivity (Wildman–Crippen MR) is 79.6 cm³/mol. The molecule has 0 heterocycles. The van der Waals surface area contributed by atoms with Crippen LogP contribution in [0.2, 0.25) is 0 Å². The number of ether oxygens (including phenoxy) is 1. The van der Waals surface area contributed by atoms with Crippen molar-refractivity contribution in [3.8, 4) is 0 Å². The third-order valence-corrected chi connectivity index (χ3v) is 4.05.